The second-order valence-electron chi connectivity index (χ2n) is 5.42. The molecule has 1 atom stereocenters. The van der Waals surface area contributed by atoms with Gasteiger partial charge in [-0.05, 0) is 48.9 Å². The SMILES string of the molecule is COc1ccc(S(=O)(=O)NC(C)c2ccc3c(c2)OCCO3)cc1. The van der Waals surface area contributed by atoms with E-state index in [4.69, 9.17) is 14.2 Å². The van der Waals surface area contributed by atoms with Gasteiger partial charge in [0.25, 0.3) is 0 Å². The highest BCUT2D eigenvalue weighted by Crippen LogP contribution is 2.33. The third-order valence-electron chi connectivity index (χ3n) is 3.77. The molecule has 0 amide bonds. The molecule has 0 radical (unpaired) electrons. The zero-order valence-electron chi connectivity index (χ0n) is 13.5. The molecule has 0 saturated heterocycles. The average molecular weight is 349 g/mol. The van der Waals surface area contributed by atoms with Crippen LogP contribution >= 0.6 is 0 Å². The van der Waals surface area contributed by atoms with Crippen LogP contribution in [0.1, 0.15) is 18.5 Å². The molecule has 6 nitrogen and oxygen atoms in total. The van der Waals surface area contributed by atoms with E-state index in [1.165, 1.54) is 19.2 Å². The number of nitrogens with one attached hydrogen (secondary N) is 1. The second kappa shape index (κ2) is 6.70. The molecule has 1 aliphatic rings. The van der Waals surface area contributed by atoms with Crippen LogP contribution in [0.5, 0.6) is 17.2 Å². The summed E-state index contributed by atoms with van der Waals surface area (Å²) in [6, 6.07) is 11.3. The summed E-state index contributed by atoms with van der Waals surface area (Å²) in [6.45, 7) is 2.79. The molecule has 3 rings (SSSR count). The van der Waals surface area contributed by atoms with Crippen molar-refractivity contribution >= 4 is 10.0 Å². The Hall–Kier alpha value is -2.25. The van der Waals surface area contributed by atoms with Gasteiger partial charge in [-0.2, -0.15) is 0 Å². The van der Waals surface area contributed by atoms with Crippen LogP contribution in [0.15, 0.2) is 47.4 Å². The summed E-state index contributed by atoms with van der Waals surface area (Å²) in [6.07, 6.45) is 0. The van der Waals surface area contributed by atoms with Crippen LogP contribution in [0, 0.1) is 0 Å². The fourth-order valence-corrected chi connectivity index (χ4v) is 3.68. The third kappa shape index (κ3) is 3.47. The Kier molecular flexibility index (Phi) is 4.64. The van der Waals surface area contributed by atoms with Gasteiger partial charge in [-0.15, -0.1) is 0 Å². The van der Waals surface area contributed by atoms with Crippen LogP contribution < -0.4 is 18.9 Å². The normalized spacial score (nSPS) is 14.9. The van der Waals surface area contributed by atoms with Crippen LogP contribution in [0.4, 0.5) is 0 Å². The standard InChI is InChI=1S/C17H19NO5S/c1-12(13-3-8-16-17(11-13)23-10-9-22-16)18-24(19,20)15-6-4-14(21-2)5-7-15/h3-8,11-12,18H,9-10H2,1-2H3. The van der Waals surface area contributed by atoms with Crippen molar-refractivity contribution in [2.24, 2.45) is 0 Å². The highest BCUT2D eigenvalue weighted by atomic mass is 32.2. The predicted octanol–water partition coefficient (Wildman–Crippen LogP) is 2.51. The van der Waals surface area contributed by atoms with Crippen molar-refractivity contribution in [3.05, 3.63) is 48.0 Å². The molecule has 0 aliphatic carbocycles. The van der Waals surface area contributed by atoms with E-state index in [2.05, 4.69) is 4.72 Å². The summed E-state index contributed by atoms with van der Waals surface area (Å²) in [5, 5.41) is 0. The highest BCUT2D eigenvalue weighted by Gasteiger charge is 2.20. The third-order valence-corrected chi connectivity index (χ3v) is 5.32. The number of methoxy groups -OCH3 is 1. The number of benzene rings is 2. The van der Waals surface area contributed by atoms with Crippen LogP contribution in [-0.2, 0) is 10.0 Å². The first kappa shape index (κ1) is 16.6. The predicted molar refractivity (Wildman–Crippen MR) is 89.2 cm³/mol. The molecule has 7 heteroatoms. The minimum absolute atomic E-state index is 0.188. The van der Waals surface area contributed by atoms with Gasteiger partial charge in [-0.25, -0.2) is 13.1 Å². The van der Waals surface area contributed by atoms with E-state index in [0.717, 1.165) is 5.56 Å². The maximum atomic E-state index is 12.5. The zero-order chi connectivity index (χ0) is 17.2. The van der Waals surface area contributed by atoms with E-state index < -0.39 is 16.1 Å². The van der Waals surface area contributed by atoms with Crippen LogP contribution in [0.2, 0.25) is 0 Å². The Bertz CT molecular complexity index is 817. The topological polar surface area (TPSA) is 73.9 Å². The van der Waals surface area contributed by atoms with Crippen molar-refractivity contribution < 1.29 is 22.6 Å². The Morgan fingerprint density at radius 3 is 2.38 bits per heavy atom. The lowest BCUT2D eigenvalue weighted by Crippen LogP contribution is -2.27. The Labute approximate surface area is 141 Å². The molecule has 1 unspecified atom stereocenters. The molecular formula is C17H19NO5S. The van der Waals surface area contributed by atoms with Crippen LogP contribution in [0.3, 0.4) is 0 Å². The minimum atomic E-state index is -3.63. The number of fused-ring (bicyclic) bond motifs is 1. The summed E-state index contributed by atoms with van der Waals surface area (Å²) < 4.78 is 43.7. The van der Waals surface area contributed by atoms with Gasteiger partial charge in [0.2, 0.25) is 10.0 Å². The van der Waals surface area contributed by atoms with E-state index in [1.54, 1.807) is 31.2 Å². The molecule has 0 saturated carbocycles. The van der Waals surface area contributed by atoms with Gasteiger partial charge < -0.3 is 14.2 Å². The van der Waals surface area contributed by atoms with E-state index in [9.17, 15) is 8.42 Å². The molecule has 24 heavy (non-hydrogen) atoms. The van der Waals surface area contributed by atoms with Crippen molar-refractivity contribution in [1.29, 1.82) is 0 Å². The summed E-state index contributed by atoms with van der Waals surface area (Å²) in [4.78, 5) is 0.188. The van der Waals surface area contributed by atoms with E-state index in [1.807, 2.05) is 6.07 Å². The zero-order valence-corrected chi connectivity index (χ0v) is 14.3. The van der Waals surface area contributed by atoms with Gasteiger partial charge >= 0.3 is 0 Å². The summed E-state index contributed by atoms with van der Waals surface area (Å²) >= 11 is 0. The quantitative estimate of drug-likeness (QED) is 0.898. The highest BCUT2D eigenvalue weighted by molar-refractivity contribution is 7.89. The molecule has 0 spiro atoms. The molecule has 128 valence electrons. The lowest BCUT2D eigenvalue weighted by molar-refractivity contribution is 0.171. The van der Waals surface area contributed by atoms with Crippen molar-refractivity contribution in [2.75, 3.05) is 20.3 Å². The minimum Gasteiger partial charge on any atom is -0.497 e. The lowest BCUT2D eigenvalue weighted by Gasteiger charge is -2.21. The van der Waals surface area contributed by atoms with Gasteiger partial charge in [0.15, 0.2) is 11.5 Å². The van der Waals surface area contributed by atoms with Gasteiger partial charge in [0, 0.05) is 6.04 Å². The molecular weight excluding hydrogens is 330 g/mol. The molecule has 2 aromatic carbocycles. The van der Waals surface area contributed by atoms with Crippen molar-refractivity contribution in [3.8, 4) is 17.2 Å². The molecule has 1 heterocycles. The van der Waals surface area contributed by atoms with Crippen molar-refractivity contribution in [3.63, 3.8) is 0 Å². The first-order valence-corrected chi connectivity index (χ1v) is 9.04. The van der Waals surface area contributed by atoms with Crippen LogP contribution in [0.25, 0.3) is 0 Å². The maximum absolute atomic E-state index is 12.5. The summed E-state index contributed by atoms with van der Waals surface area (Å²) in [5.74, 6) is 1.92. The summed E-state index contributed by atoms with van der Waals surface area (Å²) in [7, 11) is -2.10. The summed E-state index contributed by atoms with van der Waals surface area (Å²) in [5.41, 5.74) is 0.802. The number of ether oxygens (including phenoxy) is 3. The number of sulfonamides is 1. The molecule has 1 aliphatic heterocycles. The molecule has 0 aromatic heterocycles. The van der Waals surface area contributed by atoms with E-state index in [0.29, 0.717) is 30.5 Å². The largest absolute Gasteiger partial charge is 0.497 e. The van der Waals surface area contributed by atoms with Crippen molar-refractivity contribution in [1.82, 2.24) is 4.72 Å². The fraction of sp³-hybridized carbons (Fsp3) is 0.294. The second-order valence-corrected chi connectivity index (χ2v) is 7.14. The van der Waals surface area contributed by atoms with Gasteiger partial charge in [0.05, 0.1) is 12.0 Å². The fourth-order valence-electron chi connectivity index (χ4n) is 2.45. The Balaban J connectivity index is 1.78. The smallest absolute Gasteiger partial charge is 0.241 e. The first-order valence-electron chi connectivity index (χ1n) is 7.55. The molecule has 1 N–H and O–H groups in total. The van der Waals surface area contributed by atoms with Gasteiger partial charge in [0.1, 0.15) is 19.0 Å². The first-order chi connectivity index (χ1) is 11.5. The Morgan fingerprint density at radius 1 is 1.04 bits per heavy atom. The van der Waals surface area contributed by atoms with Crippen LogP contribution in [-0.4, -0.2) is 28.7 Å². The molecule has 0 bridgehead atoms. The molecule has 0 fully saturated rings. The average Bonchev–Trinajstić information content (AvgIpc) is 2.61. The van der Waals surface area contributed by atoms with Gasteiger partial charge in [-0.1, -0.05) is 6.07 Å². The molecule has 2 aromatic rings. The number of hydrogen-bond acceptors (Lipinski definition) is 5. The Morgan fingerprint density at radius 2 is 1.71 bits per heavy atom. The monoisotopic (exact) mass is 349 g/mol. The van der Waals surface area contributed by atoms with E-state index in [-0.39, 0.29) is 4.90 Å². The number of rotatable bonds is 5. The van der Waals surface area contributed by atoms with Crippen molar-refractivity contribution in [2.45, 2.75) is 17.9 Å². The number of hydrogen-bond donors (Lipinski definition) is 1. The van der Waals surface area contributed by atoms with E-state index >= 15 is 0 Å². The van der Waals surface area contributed by atoms with Gasteiger partial charge in [-0.3, -0.25) is 0 Å². The lowest BCUT2D eigenvalue weighted by atomic mass is 10.1. The maximum Gasteiger partial charge on any atom is 0.241 e.